The van der Waals surface area contributed by atoms with Gasteiger partial charge in [-0.05, 0) is 44.2 Å². The van der Waals surface area contributed by atoms with E-state index in [0.717, 1.165) is 52.2 Å². The number of hydrogen-bond acceptors (Lipinski definition) is 5. The standard InChI is InChI=1S/C18H28N4O2/c1-24-10-2-7-22-14-18(4-3-17(22)23)5-8-21(9-6-18)13-16-11-19-15-20-12-16/h11-12,15H,2-10,13-14H2,1H3. The van der Waals surface area contributed by atoms with Gasteiger partial charge in [0.15, 0.2) is 0 Å². The summed E-state index contributed by atoms with van der Waals surface area (Å²) in [6, 6.07) is 0. The SMILES string of the molecule is COCCCN1CC2(CCC1=O)CCN(Cc1cncnc1)CC2. The van der Waals surface area contributed by atoms with Gasteiger partial charge in [-0.2, -0.15) is 0 Å². The van der Waals surface area contributed by atoms with Crippen molar-refractivity contribution in [3.05, 3.63) is 24.3 Å². The van der Waals surface area contributed by atoms with E-state index in [1.54, 1.807) is 13.4 Å². The van der Waals surface area contributed by atoms with Crippen molar-refractivity contribution >= 4 is 5.91 Å². The molecule has 1 aromatic rings. The van der Waals surface area contributed by atoms with Crippen LogP contribution in [0.15, 0.2) is 18.7 Å². The molecule has 2 aliphatic heterocycles. The Bertz CT molecular complexity index is 529. The van der Waals surface area contributed by atoms with Crippen LogP contribution in [0.25, 0.3) is 0 Å². The Balaban J connectivity index is 1.51. The highest BCUT2D eigenvalue weighted by Crippen LogP contribution is 2.40. The van der Waals surface area contributed by atoms with Crippen molar-refractivity contribution in [3.63, 3.8) is 0 Å². The molecule has 0 atom stereocenters. The van der Waals surface area contributed by atoms with Crippen molar-refractivity contribution < 1.29 is 9.53 Å². The maximum absolute atomic E-state index is 12.2. The maximum Gasteiger partial charge on any atom is 0.222 e. The molecule has 0 saturated carbocycles. The van der Waals surface area contributed by atoms with E-state index >= 15 is 0 Å². The molecule has 0 bridgehead atoms. The Morgan fingerprint density at radius 2 is 1.96 bits per heavy atom. The van der Waals surface area contributed by atoms with E-state index < -0.39 is 0 Å². The van der Waals surface area contributed by atoms with E-state index in [-0.39, 0.29) is 0 Å². The van der Waals surface area contributed by atoms with Crippen molar-refractivity contribution in [3.8, 4) is 0 Å². The lowest BCUT2D eigenvalue weighted by molar-refractivity contribution is -0.139. The van der Waals surface area contributed by atoms with Gasteiger partial charge >= 0.3 is 0 Å². The Kier molecular flexibility index (Phi) is 5.79. The first-order valence-electron chi connectivity index (χ1n) is 8.94. The summed E-state index contributed by atoms with van der Waals surface area (Å²) in [5.74, 6) is 0.320. The van der Waals surface area contributed by atoms with Crippen LogP contribution in [0.2, 0.25) is 0 Å². The van der Waals surface area contributed by atoms with Crippen LogP contribution < -0.4 is 0 Å². The van der Waals surface area contributed by atoms with Crippen LogP contribution in [0.5, 0.6) is 0 Å². The molecule has 3 heterocycles. The van der Waals surface area contributed by atoms with Crippen molar-refractivity contribution in [2.75, 3.05) is 39.9 Å². The molecule has 2 fully saturated rings. The number of likely N-dealkylation sites (tertiary alicyclic amines) is 2. The molecule has 0 N–H and O–H groups in total. The van der Waals surface area contributed by atoms with E-state index in [4.69, 9.17) is 4.74 Å². The van der Waals surface area contributed by atoms with Gasteiger partial charge in [-0.1, -0.05) is 0 Å². The van der Waals surface area contributed by atoms with Crippen molar-refractivity contribution in [1.29, 1.82) is 0 Å². The van der Waals surface area contributed by atoms with Crippen LogP contribution in [0.3, 0.4) is 0 Å². The number of methoxy groups -OCH3 is 1. The van der Waals surface area contributed by atoms with E-state index in [1.165, 1.54) is 18.4 Å². The molecule has 1 spiro atoms. The number of carbonyl (C=O) groups is 1. The molecule has 6 heteroatoms. The van der Waals surface area contributed by atoms with Gasteiger partial charge in [0.05, 0.1) is 0 Å². The second-order valence-corrected chi connectivity index (χ2v) is 7.18. The lowest BCUT2D eigenvalue weighted by Crippen LogP contribution is -2.51. The molecule has 1 amide bonds. The number of rotatable bonds is 6. The van der Waals surface area contributed by atoms with Gasteiger partial charge in [-0.15, -0.1) is 0 Å². The summed E-state index contributed by atoms with van der Waals surface area (Å²) in [5, 5.41) is 0. The Hall–Kier alpha value is -1.53. The third kappa shape index (κ3) is 4.30. The van der Waals surface area contributed by atoms with Gasteiger partial charge in [0.25, 0.3) is 0 Å². The molecule has 6 nitrogen and oxygen atoms in total. The van der Waals surface area contributed by atoms with Gasteiger partial charge < -0.3 is 9.64 Å². The number of ether oxygens (including phenoxy) is 1. The third-order valence-electron chi connectivity index (χ3n) is 5.46. The number of nitrogens with zero attached hydrogens (tertiary/aromatic N) is 4. The summed E-state index contributed by atoms with van der Waals surface area (Å²) in [4.78, 5) is 24.9. The molecule has 24 heavy (non-hydrogen) atoms. The average Bonchev–Trinajstić information content (AvgIpc) is 2.61. The molecule has 132 valence electrons. The normalized spacial score (nSPS) is 21.4. The van der Waals surface area contributed by atoms with Gasteiger partial charge in [-0.25, -0.2) is 9.97 Å². The van der Waals surface area contributed by atoms with E-state index in [9.17, 15) is 4.79 Å². The topological polar surface area (TPSA) is 58.6 Å². The monoisotopic (exact) mass is 332 g/mol. The number of hydrogen-bond donors (Lipinski definition) is 0. The first-order chi connectivity index (χ1) is 11.7. The number of piperidine rings is 2. The first kappa shape index (κ1) is 17.3. The summed E-state index contributed by atoms with van der Waals surface area (Å²) in [7, 11) is 1.72. The minimum Gasteiger partial charge on any atom is -0.385 e. The predicted octanol–water partition coefficient (Wildman–Crippen LogP) is 1.72. The molecule has 0 radical (unpaired) electrons. The lowest BCUT2D eigenvalue weighted by atomic mass is 9.72. The molecule has 2 saturated heterocycles. The molecular formula is C18H28N4O2. The predicted molar refractivity (Wildman–Crippen MR) is 91.3 cm³/mol. The summed E-state index contributed by atoms with van der Waals surface area (Å²) >= 11 is 0. The largest absolute Gasteiger partial charge is 0.385 e. The highest BCUT2D eigenvalue weighted by atomic mass is 16.5. The van der Waals surface area contributed by atoms with Crippen LogP contribution >= 0.6 is 0 Å². The maximum atomic E-state index is 12.2. The van der Waals surface area contributed by atoms with Gasteiger partial charge in [0, 0.05) is 57.7 Å². The summed E-state index contributed by atoms with van der Waals surface area (Å²) in [6.45, 7) is 5.60. The molecule has 0 aromatic carbocycles. The first-order valence-corrected chi connectivity index (χ1v) is 8.94. The van der Waals surface area contributed by atoms with Crippen LogP contribution in [0.1, 0.15) is 37.7 Å². The minimum atomic E-state index is 0.320. The molecule has 2 aliphatic rings. The minimum absolute atomic E-state index is 0.320. The van der Waals surface area contributed by atoms with Crippen LogP contribution in [-0.2, 0) is 16.1 Å². The Labute approximate surface area is 144 Å². The third-order valence-corrected chi connectivity index (χ3v) is 5.46. The fraction of sp³-hybridized carbons (Fsp3) is 0.722. The number of amides is 1. The fourth-order valence-corrected chi connectivity index (χ4v) is 3.97. The lowest BCUT2D eigenvalue weighted by Gasteiger charge is -2.47. The Morgan fingerprint density at radius 3 is 2.67 bits per heavy atom. The molecular weight excluding hydrogens is 304 g/mol. The second kappa shape index (κ2) is 8.03. The fourth-order valence-electron chi connectivity index (χ4n) is 3.97. The zero-order chi connectivity index (χ0) is 16.8. The van der Waals surface area contributed by atoms with E-state index in [2.05, 4.69) is 19.8 Å². The summed E-state index contributed by atoms with van der Waals surface area (Å²) in [5.41, 5.74) is 1.50. The van der Waals surface area contributed by atoms with Crippen LogP contribution in [-0.4, -0.2) is 65.6 Å². The summed E-state index contributed by atoms with van der Waals surface area (Å²) < 4.78 is 5.12. The van der Waals surface area contributed by atoms with Crippen molar-refractivity contribution in [2.45, 2.75) is 38.6 Å². The zero-order valence-electron chi connectivity index (χ0n) is 14.6. The van der Waals surface area contributed by atoms with Crippen molar-refractivity contribution in [2.24, 2.45) is 5.41 Å². The number of carbonyl (C=O) groups excluding carboxylic acids is 1. The molecule has 0 aliphatic carbocycles. The average molecular weight is 332 g/mol. The summed E-state index contributed by atoms with van der Waals surface area (Å²) in [6.07, 6.45) is 10.4. The zero-order valence-corrected chi connectivity index (χ0v) is 14.6. The Morgan fingerprint density at radius 1 is 1.21 bits per heavy atom. The molecule has 1 aromatic heterocycles. The van der Waals surface area contributed by atoms with Gasteiger partial charge in [-0.3, -0.25) is 9.69 Å². The van der Waals surface area contributed by atoms with E-state index in [1.807, 2.05) is 12.4 Å². The van der Waals surface area contributed by atoms with Gasteiger partial charge in [0.2, 0.25) is 5.91 Å². The van der Waals surface area contributed by atoms with E-state index in [0.29, 0.717) is 17.7 Å². The highest BCUT2D eigenvalue weighted by Gasteiger charge is 2.40. The quantitative estimate of drug-likeness (QED) is 0.743. The second-order valence-electron chi connectivity index (χ2n) is 7.18. The smallest absolute Gasteiger partial charge is 0.222 e. The highest BCUT2D eigenvalue weighted by molar-refractivity contribution is 5.77. The molecule has 0 unspecified atom stereocenters. The number of aromatic nitrogens is 2. The molecule has 3 rings (SSSR count). The van der Waals surface area contributed by atoms with Crippen LogP contribution in [0, 0.1) is 5.41 Å². The van der Waals surface area contributed by atoms with Crippen LogP contribution in [0.4, 0.5) is 0 Å². The van der Waals surface area contributed by atoms with Crippen molar-refractivity contribution in [1.82, 2.24) is 19.8 Å². The van der Waals surface area contributed by atoms with Gasteiger partial charge in [0.1, 0.15) is 6.33 Å².